The Morgan fingerprint density at radius 1 is 0.475 bits per heavy atom. The van der Waals surface area contributed by atoms with Crippen LogP contribution in [0, 0.1) is 0 Å². The lowest BCUT2D eigenvalue weighted by molar-refractivity contribution is 0.0893. The van der Waals surface area contributed by atoms with E-state index >= 15 is 0 Å². The number of nitrogens with zero attached hydrogens (tertiary/aromatic N) is 8. The zero-order valence-electron chi connectivity index (χ0n) is 34.2. The van der Waals surface area contributed by atoms with Gasteiger partial charge in [-0.3, -0.25) is 9.59 Å². The maximum atomic E-state index is 14.2. The number of hydrogen-bond acceptors (Lipinski definition) is 9. The molecule has 1 aromatic heterocycles. The first-order valence-electron chi connectivity index (χ1n) is 21.0. The Morgan fingerprint density at radius 3 is 1.51 bits per heavy atom. The van der Waals surface area contributed by atoms with E-state index < -0.39 is 0 Å². The highest BCUT2D eigenvalue weighted by atomic mass is 16.2. The van der Waals surface area contributed by atoms with Crippen molar-refractivity contribution in [3.05, 3.63) is 114 Å². The minimum atomic E-state index is -0.306. The molecule has 0 saturated carbocycles. The van der Waals surface area contributed by atoms with Crippen LogP contribution < -0.4 is 19.6 Å². The number of imidazole rings is 1. The van der Waals surface area contributed by atoms with Crippen LogP contribution in [-0.4, -0.2) is 136 Å². The van der Waals surface area contributed by atoms with Gasteiger partial charge in [-0.25, -0.2) is 9.88 Å². The molecule has 0 unspecified atom stereocenters. The second-order valence-corrected chi connectivity index (χ2v) is 16.6. The summed E-state index contributed by atoms with van der Waals surface area (Å²) < 4.78 is 0. The summed E-state index contributed by atoms with van der Waals surface area (Å²) in [5.41, 5.74) is 9.94. The lowest BCUT2D eigenvalue weighted by atomic mass is 9.92. The van der Waals surface area contributed by atoms with Crippen LogP contribution in [0.2, 0.25) is 0 Å². The SMILES string of the molecule is CN1CCN(c2ccc(-c3nc(-c4ccc(N5C(=O)c6cccc7c(N8CCN(C)CC8)ccc(c67)C5=O)cc4)[nH]c3-c3ccc(N4CCN(C)CC4)cc3)cc2)CC1. The van der Waals surface area contributed by atoms with Crippen molar-refractivity contribution in [3.8, 4) is 33.9 Å². The number of anilines is 4. The summed E-state index contributed by atoms with van der Waals surface area (Å²) in [6.45, 7) is 12.0. The van der Waals surface area contributed by atoms with Gasteiger partial charge in [0.2, 0.25) is 0 Å². The van der Waals surface area contributed by atoms with Crippen molar-refractivity contribution >= 4 is 45.3 Å². The number of rotatable bonds is 7. The summed E-state index contributed by atoms with van der Waals surface area (Å²) in [4.78, 5) is 52.9. The number of hydrogen-bond donors (Lipinski definition) is 1. The molecular weight excluding hydrogens is 735 g/mol. The standard InChI is InChI=1S/C48H51N9O2/c1-51-21-27-54(28-22-51)36-13-7-33(8-14-36)44-45(34-9-15-37(16-10-34)55-29-23-52(2)24-30-55)50-46(49-44)35-11-17-38(18-12-35)57-47(58)40-6-4-5-39-42(56-31-25-53(3)26-32-56)20-19-41(43(39)40)48(57)59/h4-20H,21-32H2,1-3H3,(H,49,50). The van der Waals surface area contributed by atoms with E-state index in [1.165, 1.54) is 16.3 Å². The lowest BCUT2D eigenvalue weighted by Gasteiger charge is -2.35. The third kappa shape index (κ3) is 6.92. The maximum Gasteiger partial charge on any atom is 0.265 e. The van der Waals surface area contributed by atoms with Crippen molar-refractivity contribution in [1.82, 2.24) is 24.7 Å². The number of benzene rings is 5. The van der Waals surface area contributed by atoms with Gasteiger partial charge in [-0.2, -0.15) is 0 Å². The molecule has 0 bridgehead atoms. The molecule has 0 radical (unpaired) electrons. The summed E-state index contributed by atoms with van der Waals surface area (Å²) in [5, 5.41) is 1.70. The highest BCUT2D eigenvalue weighted by Crippen LogP contribution is 2.39. The van der Waals surface area contributed by atoms with E-state index in [0.717, 1.165) is 129 Å². The van der Waals surface area contributed by atoms with E-state index in [4.69, 9.17) is 4.98 Å². The van der Waals surface area contributed by atoms with Crippen molar-refractivity contribution in [1.29, 1.82) is 0 Å². The molecule has 0 atom stereocenters. The molecule has 10 rings (SSSR count). The van der Waals surface area contributed by atoms with Crippen molar-refractivity contribution in [2.45, 2.75) is 0 Å². The van der Waals surface area contributed by atoms with Crippen molar-refractivity contribution in [2.24, 2.45) is 0 Å². The van der Waals surface area contributed by atoms with Crippen molar-refractivity contribution in [2.75, 3.05) is 119 Å². The van der Waals surface area contributed by atoms with Gasteiger partial charge in [0.15, 0.2) is 0 Å². The third-order valence-corrected chi connectivity index (χ3v) is 12.9. The van der Waals surface area contributed by atoms with Crippen LogP contribution in [0.3, 0.4) is 0 Å². The van der Waals surface area contributed by atoms with E-state index in [1.807, 2.05) is 54.6 Å². The molecule has 0 spiro atoms. The van der Waals surface area contributed by atoms with E-state index in [9.17, 15) is 9.59 Å². The fourth-order valence-corrected chi connectivity index (χ4v) is 9.13. The molecule has 6 aromatic rings. The van der Waals surface area contributed by atoms with E-state index in [0.29, 0.717) is 16.8 Å². The smallest absolute Gasteiger partial charge is 0.265 e. The number of carbonyl (C=O) groups is 2. The molecule has 11 heteroatoms. The molecular formula is C48H51N9O2. The van der Waals surface area contributed by atoms with Gasteiger partial charge in [-0.15, -0.1) is 0 Å². The van der Waals surface area contributed by atoms with Gasteiger partial charge in [-0.05, 0) is 87.9 Å². The fraction of sp³-hybridized carbons (Fsp3) is 0.312. The van der Waals surface area contributed by atoms with Gasteiger partial charge in [-0.1, -0.05) is 36.4 Å². The largest absolute Gasteiger partial charge is 0.369 e. The Kier molecular flexibility index (Phi) is 9.67. The van der Waals surface area contributed by atoms with Crippen LogP contribution in [0.5, 0.6) is 0 Å². The molecule has 3 saturated heterocycles. The fourth-order valence-electron chi connectivity index (χ4n) is 9.13. The number of likely N-dealkylation sites (N-methyl/N-ethyl adjacent to an activating group) is 3. The predicted molar refractivity (Wildman–Crippen MR) is 239 cm³/mol. The van der Waals surface area contributed by atoms with Crippen LogP contribution in [0.25, 0.3) is 44.7 Å². The molecule has 1 N–H and O–H groups in total. The van der Waals surface area contributed by atoms with Crippen LogP contribution in [-0.2, 0) is 0 Å². The molecule has 5 heterocycles. The number of carbonyl (C=O) groups excluding carboxylic acids is 2. The van der Waals surface area contributed by atoms with Gasteiger partial charge in [0, 0.05) is 134 Å². The zero-order valence-corrected chi connectivity index (χ0v) is 34.2. The molecule has 2 amide bonds. The first kappa shape index (κ1) is 37.3. The molecule has 300 valence electrons. The lowest BCUT2D eigenvalue weighted by Crippen LogP contribution is -2.45. The summed E-state index contributed by atoms with van der Waals surface area (Å²) >= 11 is 0. The number of aromatic nitrogens is 2. The highest BCUT2D eigenvalue weighted by Gasteiger charge is 2.35. The summed E-state index contributed by atoms with van der Waals surface area (Å²) in [6, 6.07) is 35.0. The van der Waals surface area contributed by atoms with E-state index in [1.54, 1.807) is 0 Å². The number of aromatic amines is 1. The number of H-pyrrole nitrogens is 1. The average Bonchev–Trinajstić information content (AvgIpc) is 3.72. The number of nitrogens with one attached hydrogen (secondary N) is 1. The van der Waals surface area contributed by atoms with Gasteiger partial charge >= 0.3 is 0 Å². The van der Waals surface area contributed by atoms with Gasteiger partial charge < -0.3 is 34.4 Å². The number of imide groups is 1. The Bertz CT molecular complexity index is 2400. The minimum absolute atomic E-state index is 0.306. The monoisotopic (exact) mass is 785 g/mol. The van der Waals surface area contributed by atoms with E-state index in [-0.39, 0.29) is 11.8 Å². The van der Waals surface area contributed by atoms with Crippen LogP contribution in [0.15, 0.2) is 103 Å². The third-order valence-electron chi connectivity index (χ3n) is 12.9. The normalized spacial score (nSPS) is 18.4. The second-order valence-electron chi connectivity index (χ2n) is 16.6. The maximum absolute atomic E-state index is 14.2. The Morgan fingerprint density at radius 2 is 0.949 bits per heavy atom. The van der Waals surface area contributed by atoms with Crippen molar-refractivity contribution in [3.63, 3.8) is 0 Å². The number of amides is 2. The van der Waals surface area contributed by atoms with Gasteiger partial charge in [0.05, 0.1) is 17.1 Å². The molecule has 11 nitrogen and oxygen atoms in total. The Balaban J connectivity index is 0.958. The zero-order chi connectivity index (χ0) is 40.2. The van der Waals surface area contributed by atoms with Gasteiger partial charge in [0.1, 0.15) is 5.82 Å². The topological polar surface area (TPSA) is 85.5 Å². The molecule has 5 aromatic carbocycles. The summed E-state index contributed by atoms with van der Waals surface area (Å²) in [5.74, 6) is 0.105. The molecule has 3 fully saturated rings. The highest BCUT2D eigenvalue weighted by molar-refractivity contribution is 6.36. The van der Waals surface area contributed by atoms with Crippen LogP contribution in [0.1, 0.15) is 20.7 Å². The molecule has 0 aliphatic carbocycles. The average molecular weight is 786 g/mol. The first-order chi connectivity index (χ1) is 28.8. The molecule has 59 heavy (non-hydrogen) atoms. The Hall–Kier alpha value is -6.01. The van der Waals surface area contributed by atoms with Crippen LogP contribution in [0.4, 0.5) is 22.7 Å². The Labute approximate surface area is 346 Å². The minimum Gasteiger partial charge on any atom is -0.369 e. The van der Waals surface area contributed by atoms with Gasteiger partial charge in [0.25, 0.3) is 11.8 Å². The molecule has 4 aliphatic rings. The summed E-state index contributed by atoms with van der Waals surface area (Å²) in [7, 11) is 6.50. The summed E-state index contributed by atoms with van der Waals surface area (Å²) in [6.07, 6.45) is 0. The second kappa shape index (κ2) is 15.3. The first-order valence-corrected chi connectivity index (χ1v) is 21.0. The van der Waals surface area contributed by atoms with Crippen LogP contribution >= 0.6 is 0 Å². The van der Waals surface area contributed by atoms with E-state index in [2.05, 4.69) is 104 Å². The van der Waals surface area contributed by atoms with Crippen molar-refractivity contribution < 1.29 is 9.59 Å². The predicted octanol–water partition coefficient (Wildman–Crippen LogP) is 6.62. The molecule has 4 aliphatic heterocycles. The quantitative estimate of drug-likeness (QED) is 0.180. The number of piperazine rings is 3.